The van der Waals surface area contributed by atoms with Crippen molar-refractivity contribution < 1.29 is 9.47 Å². The first kappa shape index (κ1) is 17.0. The van der Waals surface area contributed by atoms with E-state index in [0.717, 1.165) is 24.3 Å². The molecule has 0 radical (unpaired) electrons. The molecule has 0 aliphatic heterocycles. The van der Waals surface area contributed by atoms with E-state index in [1.165, 1.54) is 0 Å². The molecule has 20 heavy (non-hydrogen) atoms. The lowest BCUT2D eigenvalue weighted by molar-refractivity contribution is -0.0120. The van der Waals surface area contributed by atoms with Gasteiger partial charge < -0.3 is 9.47 Å². The molecule has 0 bridgehead atoms. The van der Waals surface area contributed by atoms with Gasteiger partial charge in [0.2, 0.25) is 0 Å². The highest BCUT2D eigenvalue weighted by Crippen LogP contribution is 2.32. The van der Waals surface area contributed by atoms with E-state index in [-0.39, 0.29) is 17.6 Å². The Bertz CT molecular complexity index is 384. The predicted molar refractivity (Wildman–Crippen MR) is 82.5 cm³/mol. The standard InChI is InChI=1S/C16H28N2O2/c1-6-11-20-13-9-7-12(8-10-13)14(18-17)15(19-5)16(2,3)4/h7-10,14-15,18H,6,11,17H2,1-5H3. The summed E-state index contributed by atoms with van der Waals surface area (Å²) >= 11 is 0. The third-order valence-electron chi connectivity index (χ3n) is 3.30. The number of hydrogen-bond donors (Lipinski definition) is 2. The summed E-state index contributed by atoms with van der Waals surface area (Å²) in [5, 5.41) is 0. The Morgan fingerprint density at radius 3 is 2.20 bits per heavy atom. The van der Waals surface area contributed by atoms with Crippen molar-refractivity contribution in [3.8, 4) is 5.75 Å². The molecule has 2 atom stereocenters. The van der Waals surface area contributed by atoms with Crippen molar-refractivity contribution in [1.82, 2.24) is 5.43 Å². The summed E-state index contributed by atoms with van der Waals surface area (Å²) in [5.41, 5.74) is 3.96. The van der Waals surface area contributed by atoms with Crippen molar-refractivity contribution in [1.29, 1.82) is 0 Å². The number of rotatable bonds is 7. The Kier molecular flexibility index (Phi) is 6.46. The van der Waals surface area contributed by atoms with Gasteiger partial charge in [-0.2, -0.15) is 0 Å². The molecule has 0 spiro atoms. The molecular formula is C16H28N2O2. The molecule has 4 heteroatoms. The quantitative estimate of drug-likeness (QED) is 0.595. The van der Waals surface area contributed by atoms with E-state index >= 15 is 0 Å². The minimum Gasteiger partial charge on any atom is -0.494 e. The van der Waals surface area contributed by atoms with E-state index in [4.69, 9.17) is 15.3 Å². The van der Waals surface area contributed by atoms with Gasteiger partial charge in [0, 0.05) is 7.11 Å². The molecule has 0 aliphatic carbocycles. The highest BCUT2D eigenvalue weighted by atomic mass is 16.5. The summed E-state index contributed by atoms with van der Waals surface area (Å²) in [6.45, 7) is 9.26. The molecule has 0 saturated heterocycles. The van der Waals surface area contributed by atoms with Gasteiger partial charge in [0.25, 0.3) is 0 Å². The maximum absolute atomic E-state index is 5.73. The van der Waals surface area contributed by atoms with Gasteiger partial charge in [0.15, 0.2) is 0 Å². The van der Waals surface area contributed by atoms with E-state index in [1.807, 2.05) is 24.3 Å². The summed E-state index contributed by atoms with van der Waals surface area (Å²) in [6, 6.07) is 7.97. The molecule has 1 aromatic rings. The lowest BCUT2D eigenvalue weighted by Crippen LogP contribution is -2.44. The van der Waals surface area contributed by atoms with E-state index in [2.05, 4.69) is 33.1 Å². The average Bonchev–Trinajstić information content (AvgIpc) is 2.41. The summed E-state index contributed by atoms with van der Waals surface area (Å²) < 4.78 is 11.2. The molecule has 0 aliphatic rings. The molecule has 0 saturated carbocycles. The summed E-state index contributed by atoms with van der Waals surface area (Å²) in [6.07, 6.45) is 0.986. The first-order valence-corrected chi connectivity index (χ1v) is 7.15. The van der Waals surface area contributed by atoms with Crippen LogP contribution in [0.1, 0.15) is 45.7 Å². The van der Waals surface area contributed by atoms with Crippen molar-refractivity contribution in [2.75, 3.05) is 13.7 Å². The van der Waals surface area contributed by atoms with Crippen LogP contribution in [0.15, 0.2) is 24.3 Å². The molecule has 0 amide bonds. The van der Waals surface area contributed by atoms with Crippen LogP contribution >= 0.6 is 0 Å². The molecule has 0 fully saturated rings. The van der Waals surface area contributed by atoms with Crippen molar-refractivity contribution in [3.05, 3.63) is 29.8 Å². The molecule has 2 unspecified atom stereocenters. The monoisotopic (exact) mass is 280 g/mol. The van der Waals surface area contributed by atoms with Gasteiger partial charge in [-0.3, -0.25) is 11.3 Å². The third kappa shape index (κ3) is 4.47. The van der Waals surface area contributed by atoms with Crippen molar-refractivity contribution >= 4 is 0 Å². The summed E-state index contributed by atoms with van der Waals surface area (Å²) in [5.74, 6) is 6.62. The zero-order valence-electron chi connectivity index (χ0n) is 13.3. The molecule has 0 aromatic heterocycles. The SMILES string of the molecule is CCCOc1ccc(C(NN)C(OC)C(C)(C)C)cc1. The lowest BCUT2D eigenvalue weighted by Gasteiger charge is -2.35. The van der Waals surface area contributed by atoms with Gasteiger partial charge >= 0.3 is 0 Å². The van der Waals surface area contributed by atoms with Crippen LogP contribution in [0, 0.1) is 5.41 Å². The van der Waals surface area contributed by atoms with Gasteiger partial charge in [-0.05, 0) is 29.5 Å². The zero-order valence-corrected chi connectivity index (χ0v) is 13.3. The molecule has 1 aromatic carbocycles. The fourth-order valence-electron chi connectivity index (χ4n) is 2.34. The highest BCUT2D eigenvalue weighted by molar-refractivity contribution is 5.30. The zero-order chi connectivity index (χ0) is 15.2. The molecular weight excluding hydrogens is 252 g/mol. The van der Waals surface area contributed by atoms with Crippen LogP contribution < -0.4 is 16.0 Å². The van der Waals surface area contributed by atoms with Crippen LogP contribution in [-0.2, 0) is 4.74 Å². The minimum atomic E-state index is -0.0553. The largest absolute Gasteiger partial charge is 0.494 e. The number of benzene rings is 1. The maximum atomic E-state index is 5.73. The number of ether oxygens (including phenoxy) is 2. The van der Waals surface area contributed by atoms with Crippen LogP contribution in [0.5, 0.6) is 5.75 Å². The van der Waals surface area contributed by atoms with Crippen LogP contribution in [0.2, 0.25) is 0 Å². The lowest BCUT2D eigenvalue weighted by atomic mass is 9.82. The Morgan fingerprint density at radius 2 is 1.80 bits per heavy atom. The van der Waals surface area contributed by atoms with Crippen LogP contribution in [0.3, 0.4) is 0 Å². The minimum absolute atomic E-state index is 0.0107. The van der Waals surface area contributed by atoms with Crippen molar-refractivity contribution in [3.63, 3.8) is 0 Å². The molecule has 0 heterocycles. The second kappa shape index (κ2) is 7.62. The van der Waals surface area contributed by atoms with Crippen LogP contribution in [0.25, 0.3) is 0 Å². The molecule has 4 nitrogen and oxygen atoms in total. The molecule has 1 rings (SSSR count). The van der Waals surface area contributed by atoms with Gasteiger partial charge in [0.05, 0.1) is 18.8 Å². The number of hydrazine groups is 1. The topological polar surface area (TPSA) is 56.5 Å². The van der Waals surface area contributed by atoms with E-state index in [9.17, 15) is 0 Å². The third-order valence-corrected chi connectivity index (χ3v) is 3.30. The molecule has 3 N–H and O–H groups in total. The van der Waals surface area contributed by atoms with Gasteiger partial charge in [0.1, 0.15) is 5.75 Å². The summed E-state index contributed by atoms with van der Waals surface area (Å²) in [7, 11) is 1.72. The average molecular weight is 280 g/mol. The number of nitrogens with one attached hydrogen (secondary N) is 1. The fourth-order valence-corrected chi connectivity index (χ4v) is 2.34. The first-order chi connectivity index (χ1) is 9.43. The van der Waals surface area contributed by atoms with Crippen molar-refractivity contribution in [2.45, 2.75) is 46.3 Å². The van der Waals surface area contributed by atoms with Gasteiger partial charge in [-0.15, -0.1) is 0 Å². The fraction of sp³-hybridized carbons (Fsp3) is 0.625. The normalized spacial score (nSPS) is 14.9. The highest BCUT2D eigenvalue weighted by Gasteiger charge is 2.32. The number of methoxy groups -OCH3 is 1. The van der Waals surface area contributed by atoms with Crippen LogP contribution in [0.4, 0.5) is 0 Å². The summed E-state index contributed by atoms with van der Waals surface area (Å²) in [4.78, 5) is 0. The first-order valence-electron chi connectivity index (χ1n) is 7.15. The molecule has 114 valence electrons. The number of hydrogen-bond acceptors (Lipinski definition) is 4. The van der Waals surface area contributed by atoms with Gasteiger partial charge in [-0.25, -0.2) is 0 Å². The van der Waals surface area contributed by atoms with Gasteiger partial charge in [-0.1, -0.05) is 39.8 Å². The number of nitrogens with two attached hydrogens (primary N) is 1. The van der Waals surface area contributed by atoms with E-state index in [1.54, 1.807) is 7.11 Å². The Hall–Kier alpha value is -1.10. The van der Waals surface area contributed by atoms with Crippen LogP contribution in [-0.4, -0.2) is 19.8 Å². The Labute approximate surface area is 122 Å². The Balaban J connectivity index is 2.89. The predicted octanol–water partition coefficient (Wildman–Crippen LogP) is 3.04. The Morgan fingerprint density at radius 1 is 1.20 bits per heavy atom. The second-order valence-electron chi connectivity index (χ2n) is 6.08. The maximum Gasteiger partial charge on any atom is 0.119 e. The second-order valence-corrected chi connectivity index (χ2v) is 6.08. The van der Waals surface area contributed by atoms with E-state index < -0.39 is 0 Å². The van der Waals surface area contributed by atoms with E-state index in [0.29, 0.717) is 0 Å². The smallest absolute Gasteiger partial charge is 0.119 e. The van der Waals surface area contributed by atoms with Crippen molar-refractivity contribution in [2.24, 2.45) is 11.3 Å².